The topological polar surface area (TPSA) is 17.1 Å². The van der Waals surface area contributed by atoms with E-state index in [0.717, 1.165) is 34.1 Å². The predicted molar refractivity (Wildman–Crippen MR) is 214 cm³/mol. The van der Waals surface area contributed by atoms with E-state index in [0.29, 0.717) is 29.5 Å². The van der Waals surface area contributed by atoms with E-state index in [1.165, 1.54) is 60.8 Å². The number of carbonyl (C=O) groups excluding carboxylic acids is 1. The Morgan fingerprint density at radius 1 is 0.442 bits per heavy atom. The first-order chi connectivity index (χ1) is 25.0. The Labute approximate surface area is 313 Å². The molecule has 0 spiro atoms. The van der Waals surface area contributed by atoms with E-state index >= 15 is 0 Å². The van der Waals surface area contributed by atoms with Crippen LogP contribution in [0.15, 0.2) is 97.1 Å². The van der Waals surface area contributed by atoms with Gasteiger partial charge >= 0.3 is 0 Å². The molecule has 0 radical (unpaired) electrons. The Bertz CT molecular complexity index is 1890. The van der Waals surface area contributed by atoms with E-state index < -0.39 is 0 Å². The molecule has 52 heavy (non-hydrogen) atoms. The molecule has 4 aliphatic rings. The number of Topliss-reactive ketones (excluding diaryl/α,β-unsaturated/α-hetero) is 1. The van der Waals surface area contributed by atoms with Gasteiger partial charge in [0, 0.05) is 34.1 Å². The van der Waals surface area contributed by atoms with Crippen molar-refractivity contribution in [2.45, 2.75) is 103 Å². The summed E-state index contributed by atoms with van der Waals surface area (Å²) < 4.78 is 0. The van der Waals surface area contributed by atoms with E-state index in [1.807, 2.05) is 0 Å². The van der Waals surface area contributed by atoms with Crippen molar-refractivity contribution in [1.82, 2.24) is 0 Å². The number of ketones is 1. The molecule has 6 atom stereocenters. The normalized spacial score (nSPS) is 27.8. The van der Waals surface area contributed by atoms with Crippen LogP contribution in [0, 0.1) is 59.2 Å². The standard InChI is InChI=1S/C51H54O/c1-50(2,3)40-29-21-35(22-30-40)15-13-33-17-25-38(26-18-33)45-47-42-11-7-9-37-10-8-12-43(44(37)42)48(47)46(49(45)52)39-27-19-34(20-28-39)14-16-36-23-31-41(32-24-36)51(4,5)6/h17-32,37,42-48H,7-12H2,1-6H3. The highest BCUT2D eigenvalue weighted by Gasteiger charge is 2.64. The third-order valence-electron chi connectivity index (χ3n) is 13.3. The molecular weight excluding hydrogens is 629 g/mol. The van der Waals surface area contributed by atoms with Gasteiger partial charge in [-0.15, -0.1) is 0 Å². The maximum atomic E-state index is 14.9. The van der Waals surface area contributed by atoms with Gasteiger partial charge < -0.3 is 0 Å². The van der Waals surface area contributed by atoms with Crippen molar-refractivity contribution >= 4 is 5.78 Å². The van der Waals surface area contributed by atoms with Crippen molar-refractivity contribution in [1.29, 1.82) is 0 Å². The van der Waals surface area contributed by atoms with Crippen LogP contribution in [-0.2, 0) is 15.6 Å². The van der Waals surface area contributed by atoms with Gasteiger partial charge in [0.15, 0.2) is 0 Å². The summed E-state index contributed by atoms with van der Waals surface area (Å²) in [6.07, 6.45) is 8.00. The molecular formula is C51H54O. The quantitative estimate of drug-likeness (QED) is 0.192. The molecule has 0 aromatic heterocycles. The smallest absolute Gasteiger partial charge is 0.148 e. The summed E-state index contributed by atoms with van der Waals surface area (Å²) in [6.45, 7) is 13.4. The summed E-state index contributed by atoms with van der Waals surface area (Å²) in [6, 6.07) is 34.8. The lowest BCUT2D eigenvalue weighted by Gasteiger charge is -2.43. The minimum Gasteiger partial charge on any atom is -0.298 e. The molecule has 4 fully saturated rings. The van der Waals surface area contributed by atoms with Gasteiger partial charge in [0.05, 0.1) is 0 Å². The van der Waals surface area contributed by atoms with Crippen LogP contribution in [0.5, 0.6) is 0 Å². The molecule has 0 amide bonds. The highest BCUT2D eigenvalue weighted by atomic mass is 16.1. The van der Waals surface area contributed by atoms with E-state index in [9.17, 15) is 4.79 Å². The maximum Gasteiger partial charge on any atom is 0.148 e. The summed E-state index contributed by atoms with van der Waals surface area (Å²) in [5, 5.41) is 0. The molecule has 0 saturated heterocycles. The van der Waals surface area contributed by atoms with Gasteiger partial charge in [-0.25, -0.2) is 0 Å². The minimum absolute atomic E-state index is 0.0353. The zero-order valence-electron chi connectivity index (χ0n) is 32.0. The molecule has 0 heterocycles. The fourth-order valence-corrected chi connectivity index (χ4v) is 10.9. The van der Waals surface area contributed by atoms with E-state index in [4.69, 9.17) is 0 Å². The van der Waals surface area contributed by atoms with Gasteiger partial charge in [0.1, 0.15) is 5.78 Å². The van der Waals surface area contributed by atoms with Crippen LogP contribution >= 0.6 is 0 Å². The Kier molecular flexibility index (Phi) is 9.07. The summed E-state index contributed by atoms with van der Waals surface area (Å²) in [5.41, 5.74) is 9.35. The van der Waals surface area contributed by atoms with Crippen molar-refractivity contribution in [2.75, 3.05) is 0 Å². The fraction of sp³-hybridized carbons (Fsp3) is 0.431. The first kappa shape index (κ1) is 34.7. The maximum absolute atomic E-state index is 14.9. The Balaban J connectivity index is 1.07. The van der Waals surface area contributed by atoms with Crippen molar-refractivity contribution in [2.24, 2.45) is 35.5 Å². The number of rotatable bonds is 2. The summed E-state index contributed by atoms with van der Waals surface area (Å²) in [5.74, 6) is 17.7. The summed E-state index contributed by atoms with van der Waals surface area (Å²) in [7, 11) is 0. The molecule has 1 nitrogen and oxygen atoms in total. The molecule has 4 aliphatic carbocycles. The van der Waals surface area contributed by atoms with Gasteiger partial charge in [-0.3, -0.25) is 4.79 Å². The number of fused-ring (bicyclic) bond motifs is 3. The van der Waals surface area contributed by atoms with Crippen LogP contribution in [0.2, 0.25) is 0 Å². The molecule has 4 aromatic carbocycles. The van der Waals surface area contributed by atoms with Crippen LogP contribution < -0.4 is 0 Å². The van der Waals surface area contributed by atoms with E-state index in [2.05, 4.69) is 162 Å². The molecule has 0 bridgehead atoms. The average Bonchev–Trinajstić information content (AvgIpc) is 3.62. The van der Waals surface area contributed by atoms with Gasteiger partial charge in [0.25, 0.3) is 0 Å². The highest BCUT2D eigenvalue weighted by Crippen LogP contribution is 2.68. The van der Waals surface area contributed by atoms with E-state index in [1.54, 1.807) is 0 Å². The van der Waals surface area contributed by atoms with E-state index in [-0.39, 0.29) is 22.7 Å². The van der Waals surface area contributed by atoms with Gasteiger partial charge in [-0.05, 0) is 130 Å². The van der Waals surface area contributed by atoms with Crippen LogP contribution in [-0.4, -0.2) is 5.78 Å². The van der Waals surface area contributed by atoms with Crippen molar-refractivity contribution < 1.29 is 4.79 Å². The third kappa shape index (κ3) is 6.58. The van der Waals surface area contributed by atoms with Crippen molar-refractivity contribution in [3.8, 4) is 23.7 Å². The average molecular weight is 683 g/mol. The van der Waals surface area contributed by atoms with Crippen LogP contribution in [0.4, 0.5) is 0 Å². The number of hydrogen-bond acceptors (Lipinski definition) is 1. The lowest BCUT2D eigenvalue weighted by molar-refractivity contribution is -0.121. The Morgan fingerprint density at radius 2 is 0.769 bits per heavy atom. The predicted octanol–water partition coefficient (Wildman–Crippen LogP) is 11.6. The molecule has 4 saturated carbocycles. The first-order valence-electron chi connectivity index (χ1n) is 19.9. The zero-order valence-corrected chi connectivity index (χ0v) is 32.0. The van der Waals surface area contributed by atoms with Crippen LogP contribution in [0.1, 0.15) is 136 Å². The summed E-state index contributed by atoms with van der Waals surface area (Å²) >= 11 is 0. The largest absolute Gasteiger partial charge is 0.298 e. The number of benzene rings is 4. The SMILES string of the molecule is CC(C)(C)c1ccc(C#Cc2ccc(C3C(=O)C(c4ccc(C#Cc5ccc(C(C)(C)C)cc5)cc4)C4C5CCCC6CCCC(C65)C34)cc2)cc1. The van der Waals surface area contributed by atoms with Gasteiger partial charge in [-0.2, -0.15) is 0 Å². The molecule has 0 aliphatic heterocycles. The second-order valence-electron chi connectivity index (χ2n) is 18.4. The van der Waals surface area contributed by atoms with Gasteiger partial charge in [0.2, 0.25) is 0 Å². The lowest BCUT2D eigenvalue weighted by atomic mass is 9.62. The lowest BCUT2D eigenvalue weighted by Crippen LogP contribution is -2.36. The highest BCUT2D eigenvalue weighted by molar-refractivity contribution is 5.95. The molecule has 0 N–H and O–H groups in total. The van der Waals surface area contributed by atoms with Crippen LogP contribution in [0.25, 0.3) is 0 Å². The minimum atomic E-state index is -0.0353. The second-order valence-corrected chi connectivity index (χ2v) is 18.4. The number of carbonyl (C=O) groups is 1. The number of hydrogen-bond donors (Lipinski definition) is 0. The van der Waals surface area contributed by atoms with Crippen molar-refractivity contribution in [3.05, 3.63) is 142 Å². The molecule has 264 valence electrons. The van der Waals surface area contributed by atoms with Crippen LogP contribution in [0.3, 0.4) is 0 Å². The molecule has 4 aromatic rings. The third-order valence-corrected chi connectivity index (χ3v) is 13.3. The molecule has 8 rings (SSSR count). The Morgan fingerprint density at radius 3 is 1.10 bits per heavy atom. The van der Waals surface area contributed by atoms with Gasteiger partial charge in [-0.1, -0.05) is 139 Å². The first-order valence-corrected chi connectivity index (χ1v) is 19.9. The second kappa shape index (κ2) is 13.6. The Hall–Kier alpha value is -4.33. The monoisotopic (exact) mass is 682 g/mol. The molecule has 6 unspecified atom stereocenters. The fourth-order valence-electron chi connectivity index (χ4n) is 10.9. The van der Waals surface area contributed by atoms with Crippen molar-refractivity contribution in [3.63, 3.8) is 0 Å². The zero-order chi connectivity index (χ0) is 36.2. The molecule has 1 heteroatoms. The summed E-state index contributed by atoms with van der Waals surface area (Å²) in [4.78, 5) is 14.9.